The first-order chi connectivity index (χ1) is 8.84. The van der Waals surface area contributed by atoms with Crippen LogP contribution < -0.4 is 4.72 Å². The molecule has 0 saturated carbocycles. The molecule has 0 aromatic heterocycles. The lowest BCUT2D eigenvalue weighted by molar-refractivity contribution is 0.282. The van der Waals surface area contributed by atoms with E-state index >= 15 is 0 Å². The van der Waals surface area contributed by atoms with Gasteiger partial charge in [0.05, 0.1) is 12.4 Å². The molecule has 0 radical (unpaired) electrons. The van der Waals surface area contributed by atoms with Crippen LogP contribution in [0.1, 0.15) is 44.7 Å². The fourth-order valence-electron chi connectivity index (χ4n) is 1.77. The molecule has 0 amide bonds. The number of benzene rings is 1. The minimum Gasteiger partial charge on any atom is -0.392 e. The van der Waals surface area contributed by atoms with E-state index in [0.29, 0.717) is 0 Å². The highest BCUT2D eigenvalue weighted by Crippen LogP contribution is 2.17. The number of hydrogen-bond donors (Lipinski definition) is 2. The predicted molar refractivity (Wildman–Crippen MR) is 77.1 cm³/mol. The van der Waals surface area contributed by atoms with Crippen molar-refractivity contribution in [2.75, 3.05) is 0 Å². The van der Waals surface area contributed by atoms with E-state index in [4.69, 9.17) is 5.11 Å². The van der Waals surface area contributed by atoms with Crippen LogP contribution in [0.4, 0.5) is 0 Å². The van der Waals surface area contributed by atoms with Crippen molar-refractivity contribution in [3.63, 3.8) is 0 Å². The molecule has 1 rings (SSSR count). The Morgan fingerprint density at radius 3 is 2.00 bits per heavy atom. The second kappa shape index (κ2) is 6.50. The fourth-order valence-corrected chi connectivity index (χ4v) is 3.51. The van der Waals surface area contributed by atoms with Crippen molar-refractivity contribution in [2.24, 2.45) is 0 Å². The zero-order valence-corrected chi connectivity index (χ0v) is 12.6. The lowest BCUT2D eigenvalue weighted by Gasteiger charge is -2.27. The Morgan fingerprint density at radius 1 is 1.11 bits per heavy atom. The Kier molecular flexibility index (Phi) is 5.52. The van der Waals surface area contributed by atoms with Crippen LogP contribution >= 0.6 is 0 Å². The highest BCUT2D eigenvalue weighted by Gasteiger charge is 2.26. The molecule has 4 nitrogen and oxygen atoms in total. The second-order valence-corrected chi connectivity index (χ2v) is 6.83. The summed E-state index contributed by atoms with van der Waals surface area (Å²) in [5, 5.41) is 8.95. The van der Waals surface area contributed by atoms with Crippen molar-refractivity contribution in [1.29, 1.82) is 0 Å². The summed E-state index contributed by atoms with van der Waals surface area (Å²) in [6, 6.07) is 6.95. The lowest BCUT2D eigenvalue weighted by Crippen LogP contribution is -2.45. The molecule has 0 fully saturated rings. The number of nitrogens with one attached hydrogen (secondary N) is 1. The van der Waals surface area contributed by atoms with Crippen LogP contribution in [-0.2, 0) is 22.4 Å². The molecule has 0 heterocycles. The number of rotatable bonds is 7. The molecule has 108 valence electrons. The Bertz CT molecular complexity index is 490. The van der Waals surface area contributed by atoms with Gasteiger partial charge in [-0.3, -0.25) is 0 Å². The number of hydrogen-bond acceptors (Lipinski definition) is 3. The van der Waals surface area contributed by atoms with Crippen LogP contribution in [0.15, 0.2) is 24.3 Å². The summed E-state index contributed by atoms with van der Waals surface area (Å²) in [5.74, 6) is -0.0334. The molecule has 0 saturated heterocycles. The van der Waals surface area contributed by atoms with E-state index in [2.05, 4.69) is 4.72 Å². The van der Waals surface area contributed by atoms with Gasteiger partial charge in [0.2, 0.25) is 10.0 Å². The lowest BCUT2D eigenvalue weighted by atomic mass is 9.98. The smallest absolute Gasteiger partial charge is 0.216 e. The zero-order valence-electron chi connectivity index (χ0n) is 11.8. The fraction of sp³-hybridized carbons (Fsp3) is 0.571. The van der Waals surface area contributed by atoms with E-state index in [1.807, 2.05) is 20.8 Å². The molecule has 0 bridgehead atoms. The van der Waals surface area contributed by atoms with E-state index in [1.54, 1.807) is 24.3 Å². The first-order valence-electron chi connectivity index (χ1n) is 6.54. The Balaban J connectivity index is 2.78. The Hall–Kier alpha value is -0.910. The van der Waals surface area contributed by atoms with Gasteiger partial charge in [0.25, 0.3) is 0 Å². The van der Waals surface area contributed by atoms with E-state index in [0.717, 1.165) is 24.0 Å². The molecule has 0 unspecified atom stereocenters. The summed E-state index contributed by atoms with van der Waals surface area (Å²) in [6.07, 6.45) is 1.51. The molecule has 2 N–H and O–H groups in total. The van der Waals surface area contributed by atoms with E-state index in [1.165, 1.54) is 0 Å². The SMILES string of the molecule is CCC(C)(CC)NS(=O)(=O)Cc1ccc(CO)cc1. The molecule has 19 heavy (non-hydrogen) atoms. The van der Waals surface area contributed by atoms with Gasteiger partial charge < -0.3 is 5.11 Å². The first-order valence-corrected chi connectivity index (χ1v) is 8.19. The average molecular weight is 285 g/mol. The molecule has 0 atom stereocenters. The highest BCUT2D eigenvalue weighted by molar-refractivity contribution is 7.88. The van der Waals surface area contributed by atoms with Gasteiger partial charge in [-0.1, -0.05) is 38.1 Å². The normalized spacial score (nSPS) is 12.6. The van der Waals surface area contributed by atoms with Crippen LogP contribution in [0.2, 0.25) is 0 Å². The van der Waals surface area contributed by atoms with Gasteiger partial charge in [-0.25, -0.2) is 13.1 Å². The van der Waals surface area contributed by atoms with Crippen LogP contribution in [0.25, 0.3) is 0 Å². The van der Waals surface area contributed by atoms with Gasteiger partial charge in [0.1, 0.15) is 0 Å². The molecular formula is C14H23NO3S. The third kappa shape index (κ3) is 4.93. The van der Waals surface area contributed by atoms with Crippen molar-refractivity contribution in [3.8, 4) is 0 Å². The average Bonchev–Trinajstić information content (AvgIpc) is 2.38. The minimum absolute atomic E-state index is 0.0327. The van der Waals surface area contributed by atoms with Crippen molar-refractivity contribution in [3.05, 3.63) is 35.4 Å². The zero-order chi connectivity index (χ0) is 14.5. The molecule has 0 aliphatic carbocycles. The van der Waals surface area contributed by atoms with Crippen LogP contribution in [0.5, 0.6) is 0 Å². The van der Waals surface area contributed by atoms with Crippen LogP contribution in [0, 0.1) is 0 Å². The molecule has 1 aromatic carbocycles. The number of aliphatic hydroxyl groups is 1. The third-order valence-corrected chi connectivity index (χ3v) is 5.04. The summed E-state index contributed by atoms with van der Waals surface area (Å²) in [4.78, 5) is 0. The van der Waals surface area contributed by atoms with Gasteiger partial charge in [-0.2, -0.15) is 0 Å². The van der Waals surface area contributed by atoms with Crippen molar-refractivity contribution in [2.45, 2.75) is 51.5 Å². The Morgan fingerprint density at radius 2 is 1.58 bits per heavy atom. The molecular weight excluding hydrogens is 262 g/mol. The standard InChI is InChI=1S/C14H23NO3S/c1-4-14(3,5-2)15-19(17,18)11-13-8-6-12(10-16)7-9-13/h6-9,15-16H,4-5,10-11H2,1-3H3. The maximum atomic E-state index is 12.1. The second-order valence-electron chi connectivity index (χ2n) is 5.10. The summed E-state index contributed by atoms with van der Waals surface area (Å²) < 4.78 is 27.0. The molecule has 0 aliphatic heterocycles. The van der Waals surface area contributed by atoms with Gasteiger partial charge in [-0.15, -0.1) is 0 Å². The first kappa shape index (κ1) is 16.1. The van der Waals surface area contributed by atoms with E-state index < -0.39 is 10.0 Å². The van der Waals surface area contributed by atoms with Crippen LogP contribution in [0.3, 0.4) is 0 Å². The largest absolute Gasteiger partial charge is 0.392 e. The summed E-state index contributed by atoms with van der Waals surface area (Å²) >= 11 is 0. The minimum atomic E-state index is -3.35. The topological polar surface area (TPSA) is 66.4 Å². The van der Waals surface area contributed by atoms with Gasteiger partial charge in [0, 0.05) is 5.54 Å². The predicted octanol–water partition coefficient (Wildman–Crippen LogP) is 2.18. The monoisotopic (exact) mass is 285 g/mol. The van der Waals surface area contributed by atoms with E-state index in [-0.39, 0.29) is 17.9 Å². The molecule has 5 heteroatoms. The molecule has 1 aromatic rings. The molecule has 0 aliphatic rings. The maximum Gasteiger partial charge on any atom is 0.216 e. The third-order valence-electron chi connectivity index (χ3n) is 3.52. The maximum absolute atomic E-state index is 12.1. The van der Waals surface area contributed by atoms with Gasteiger partial charge >= 0.3 is 0 Å². The summed E-state index contributed by atoms with van der Waals surface area (Å²) in [5.41, 5.74) is 1.12. The van der Waals surface area contributed by atoms with Crippen molar-refractivity contribution < 1.29 is 13.5 Å². The number of sulfonamides is 1. The summed E-state index contributed by atoms with van der Waals surface area (Å²) in [7, 11) is -3.35. The van der Waals surface area contributed by atoms with E-state index in [9.17, 15) is 8.42 Å². The Labute approximate surface area is 115 Å². The highest BCUT2D eigenvalue weighted by atomic mass is 32.2. The van der Waals surface area contributed by atoms with Gasteiger partial charge in [0.15, 0.2) is 0 Å². The van der Waals surface area contributed by atoms with Crippen LogP contribution in [-0.4, -0.2) is 19.1 Å². The number of aliphatic hydroxyl groups excluding tert-OH is 1. The van der Waals surface area contributed by atoms with Crippen molar-refractivity contribution in [1.82, 2.24) is 4.72 Å². The molecule has 0 spiro atoms. The van der Waals surface area contributed by atoms with Gasteiger partial charge in [-0.05, 0) is 30.9 Å². The quantitative estimate of drug-likeness (QED) is 0.807. The summed E-state index contributed by atoms with van der Waals surface area (Å²) in [6.45, 7) is 5.83. The van der Waals surface area contributed by atoms with Crippen molar-refractivity contribution >= 4 is 10.0 Å².